The van der Waals surface area contributed by atoms with Crippen LogP contribution < -0.4 is 5.32 Å². The van der Waals surface area contributed by atoms with Crippen LogP contribution in [0.5, 0.6) is 0 Å². The highest BCUT2D eigenvalue weighted by atomic mass is 35.5. The zero-order valence-electron chi connectivity index (χ0n) is 12.5. The van der Waals surface area contributed by atoms with Gasteiger partial charge < -0.3 is 5.32 Å². The van der Waals surface area contributed by atoms with Gasteiger partial charge in [-0.1, -0.05) is 18.2 Å². The van der Waals surface area contributed by atoms with Crippen molar-refractivity contribution in [2.45, 2.75) is 51.1 Å². The minimum atomic E-state index is 0. The number of hydrogen-bond acceptors (Lipinski definition) is 2. The van der Waals surface area contributed by atoms with Crippen LogP contribution in [0.15, 0.2) is 18.2 Å². The molecule has 0 saturated carbocycles. The van der Waals surface area contributed by atoms with E-state index >= 15 is 0 Å². The van der Waals surface area contributed by atoms with Gasteiger partial charge in [0.05, 0.1) is 0 Å². The van der Waals surface area contributed by atoms with E-state index in [9.17, 15) is 0 Å². The average Bonchev–Trinajstić information content (AvgIpc) is 2.71. The van der Waals surface area contributed by atoms with Crippen molar-refractivity contribution in [2.75, 3.05) is 20.1 Å². The Balaban J connectivity index is 0.00000147. The predicted octanol–water partition coefficient (Wildman–Crippen LogP) is 3.17. The third-order valence-electron chi connectivity index (χ3n) is 4.76. The summed E-state index contributed by atoms with van der Waals surface area (Å²) in [5.41, 5.74) is 4.69. The quantitative estimate of drug-likeness (QED) is 0.921. The van der Waals surface area contributed by atoms with E-state index in [-0.39, 0.29) is 12.4 Å². The van der Waals surface area contributed by atoms with Crippen molar-refractivity contribution in [3.8, 4) is 0 Å². The van der Waals surface area contributed by atoms with E-state index < -0.39 is 0 Å². The van der Waals surface area contributed by atoms with Gasteiger partial charge in [0.25, 0.3) is 0 Å². The number of benzene rings is 1. The van der Waals surface area contributed by atoms with Crippen molar-refractivity contribution in [1.29, 1.82) is 0 Å². The first-order chi connectivity index (χ1) is 9.33. The molecule has 3 rings (SSSR count). The third kappa shape index (κ3) is 3.75. The Kier molecular flexibility index (Phi) is 5.88. The lowest BCUT2D eigenvalue weighted by molar-refractivity contribution is 0.216. The summed E-state index contributed by atoms with van der Waals surface area (Å²) in [6.07, 6.45) is 7.89. The van der Waals surface area contributed by atoms with Crippen molar-refractivity contribution >= 4 is 12.4 Å². The number of aryl methyl sites for hydroxylation is 2. The highest BCUT2D eigenvalue weighted by molar-refractivity contribution is 5.85. The van der Waals surface area contributed by atoms with Crippen molar-refractivity contribution in [1.82, 2.24) is 10.2 Å². The lowest BCUT2D eigenvalue weighted by Gasteiger charge is -2.27. The molecule has 3 heteroatoms. The molecule has 1 aromatic carbocycles. The standard InChI is InChI=1S/C17H26N2.ClH/c1-19(17-6-3-10-18-11-9-17)13-14-7-8-15-4-2-5-16(15)12-14;/h7-8,12,17-18H,2-6,9-11,13H2,1H3;1H. The zero-order valence-corrected chi connectivity index (χ0v) is 13.3. The zero-order chi connectivity index (χ0) is 13.1. The van der Waals surface area contributed by atoms with E-state index in [4.69, 9.17) is 0 Å². The Morgan fingerprint density at radius 1 is 1.10 bits per heavy atom. The second kappa shape index (κ2) is 7.44. The van der Waals surface area contributed by atoms with Gasteiger partial charge in [0, 0.05) is 12.6 Å². The molecule has 0 bridgehead atoms. The molecule has 1 aliphatic carbocycles. The Hall–Kier alpha value is -0.570. The topological polar surface area (TPSA) is 15.3 Å². The van der Waals surface area contributed by atoms with Crippen LogP contribution >= 0.6 is 12.4 Å². The maximum absolute atomic E-state index is 3.50. The highest BCUT2D eigenvalue weighted by Gasteiger charge is 2.17. The van der Waals surface area contributed by atoms with Gasteiger partial charge in [-0.15, -0.1) is 12.4 Å². The second-order valence-corrected chi connectivity index (χ2v) is 6.21. The fraction of sp³-hybridized carbons (Fsp3) is 0.647. The molecule has 1 saturated heterocycles. The minimum Gasteiger partial charge on any atom is -0.317 e. The van der Waals surface area contributed by atoms with E-state index in [0.29, 0.717) is 0 Å². The van der Waals surface area contributed by atoms with Crippen LogP contribution in [0.2, 0.25) is 0 Å². The van der Waals surface area contributed by atoms with Gasteiger partial charge in [0.2, 0.25) is 0 Å². The Morgan fingerprint density at radius 2 is 1.95 bits per heavy atom. The molecule has 2 nitrogen and oxygen atoms in total. The smallest absolute Gasteiger partial charge is 0.0233 e. The van der Waals surface area contributed by atoms with Crippen molar-refractivity contribution in [3.63, 3.8) is 0 Å². The molecule has 1 heterocycles. The molecule has 2 aliphatic rings. The lowest BCUT2D eigenvalue weighted by Crippen LogP contribution is -2.32. The van der Waals surface area contributed by atoms with Crippen LogP contribution in [-0.4, -0.2) is 31.1 Å². The van der Waals surface area contributed by atoms with E-state index in [1.807, 2.05) is 0 Å². The van der Waals surface area contributed by atoms with Gasteiger partial charge in [-0.3, -0.25) is 4.90 Å². The van der Waals surface area contributed by atoms with Crippen LogP contribution in [0.25, 0.3) is 0 Å². The lowest BCUT2D eigenvalue weighted by atomic mass is 10.0. The predicted molar refractivity (Wildman–Crippen MR) is 87.7 cm³/mol. The van der Waals surface area contributed by atoms with E-state index in [2.05, 4.69) is 35.5 Å². The van der Waals surface area contributed by atoms with Gasteiger partial charge in [-0.2, -0.15) is 0 Å². The number of nitrogens with zero attached hydrogens (tertiary/aromatic N) is 1. The van der Waals surface area contributed by atoms with Crippen molar-refractivity contribution < 1.29 is 0 Å². The molecule has 0 amide bonds. The summed E-state index contributed by atoms with van der Waals surface area (Å²) in [6, 6.07) is 7.91. The number of nitrogens with one attached hydrogen (secondary N) is 1. The molecule has 1 fully saturated rings. The molecule has 20 heavy (non-hydrogen) atoms. The van der Waals surface area contributed by atoms with Gasteiger partial charge >= 0.3 is 0 Å². The first-order valence-electron chi connectivity index (χ1n) is 7.84. The molecular formula is C17H27ClN2. The molecule has 1 aromatic rings. The normalized spacial score (nSPS) is 22.2. The Labute approximate surface area is 129 Å². The molecule has 1 unspecified atom stereocenters. The average molecular weight is 295 g/mol. The van der Waals surface area contributed by atoms with Crippen LogP contribution in [0.3, 0.4) is 0 Å². The van der Waals surface area contributed by atoms with Crippen LogP contribution in [0.4, 0.5) is 0 Å². The van der Waals surface area contributed by atoms with Crippen molar-refractivity contribution in [3.05, 3.63) is 34.9 Å². The molecular weight excluding hydrogens is 268 g/mol. The monoisotopic (exact) mass is 294 g/mol. The second-order valence-electron chi connectivity index (χ2n) is 6.21. The van der Waals surface area contributed by atoms with Gasteiger partial charge in [0.15, 0.2) is 0 Å². The summed E-state index contributed by atoms with van der Waals surface area (Å²) in [4.78, 5) is 2.56. The minimum absolute atomic E-state index is 0. The first-order valence-corrected chi connectivity index (χ1v) is 7.84. The number of halogens is 1. The maximum Gasteiger partial charge on any atom is 0.0233 e. The molecule has 0 spiro atoms. The molecule has 0 aromatic heterocycles. The van der Waals surface area contributed by atoms with Crippen LogP contribution in [0, 0.1) is 0 Å². The molecule has 0 radical (unpaired) electrons. The maximum atomic E-state index is 3.50. The van der Waals surface area contributed by atoms with Crippen LogP contribution in [-0.2, 0) is 19.4 Å². The third-order valence-corrected chi connectivity index (χ3v) is 4.76. The van der Waals surface area contributed by atoms with E-state index in [0.717, 1.165) is 12.6 Å². The van der Waals surface area contributed by atoms with Gasteiger partial charge in [0.1, 0.15) is 0 Å². The Morgan fingerprint density at radius 3 is 2.85 bits per heavy atom. The number of rotatable bonds is 3. The fourth-order valence-electron chi connectivity index (χ4n) is 3.58. The summed E-state index contributed by atoms with van der Waals surface area (Å²) in [5, 5.41) is 3.50. The number of hydrogen-bond donors (Lipinski definition) is 1. The van der Waals surface area contributed by atoms with E-state index in [1.54, 1.807) is 11.1 Å². The molecule has 1 aliphatic heterocycles. The highest BCUT2D eigenvalue weighted by Crippen LogP contribution is 2.24. The molecule has 112 valence electrons. The largest absolute Gasteiger partial charge is 0.317 e. The summed E-state index contributed by atoms with van der Waals surface area (Å²) in [5.74, 6) is 0. The number of fused-ring (bicyclic) bond motifs is 1. The Bertz CT molecular complexity index is 425. The first kappa shape index (κ1) is 15.8. The SMILES string of the molecule is CN(Cc1ccc2c(c1)CCC2)C1CCCNCC1.Cl. The summed E-state index contributed by atoms with van der Waals surface area (Å²) >= 11 is 0. The summed E-state index contributed by atoms with van der Waals surface area (Å²) in [6.45, 7) is 3.49. The van der Waals surface area contributed by atoms with Gasteiger partial charge in [-0.25, -0.2) is 0 Å². The summed E-state index contributed by atoms with van der Waals surface area (Å²) < 4.78 is 0. The molecule has 1 N–H and O–H groups in total. The molecule has 1 atom stereocenters. The summed E-state index contributed by atoms with van der Waals surface area (Å²) in [7, 11) is 2.29. The van der Waals surface area contributed by atoms with Crippen molar-refractivity contribution in [2.24, 2.45) is 0 Å². The van der Waals surface area contributed by atoms with Gasteiger partial charge in [-0.05, 0) is 75.4 Å². The van der Waals surface area contributed by atoms with Crippen LogP contribution in [0.1, 0.15) is 42.4 Å². The van der Waals surface area contributed by atoms with E-state index in [1.165, 1.54) is 57.2 Å². The fourth-order valence-corrected chi connectivity index (χ4v) is 3.58.